The number of pyridine rings is 1. The molecule has 0 spiro atoms. The first-order valence-corrected chi connectivity index (χ1v) is 6.92. The molecule has 0 atom stereocenters. The van der Waals surface area contributed by atoms with Crippen molar-refractivity contribution >= 4 is 5.97 Å². The van der Waals surface area contributed by atoms with Crippen LogP contribution in [-0.4, -0.2) is 38.3 Å². The van der Waals surface area contributed by atoms with Crippen molar-refractivity contribution in [1.82, 2.24) is 10.3 Å². The summed E-state index contributed by atoms with van der Waals surface area (Å²) in [6.07, 6.45) is 5.22. The van der Waals surface area contributed by atoms with Crippen molar-refractivity contribution in [3.63, 3.8) is 0 Å². The van der Waals surface area contributed by atoms with Crippen LogP contribution in [0.5, 0.6) is 0 Å². The van der Waals surface area contributed by atoms with Gasteiger partial charge in [-0.25, -0.2) is 4.79 Å². The van der Waals surface area contributed by atoms with E-state index in [1.165, 1.54) is 20.0 Å². The fourth-order valence-corrected chi connectivity index (χ4v) is 2.23. The normalized spacial score (nSPS) is 15.9. The number of ether oxygens (including phenoxy) is 2. The molecule has 0 unspecified atom stereocenters. The second-order valence-electron chi connectivity index (χ2n) is 5.38. The Balaban J connectivity index is 1.76. The van der Waals surface area contributed by atoms with Crippen molar-refractivity contribution < 1.29 is 14.3 Å². The van der Waals surface area contributed by atoms with E-state index in [1.54, 1.807) is 19.4 Å². The summed E-state index contributed by atoms with van der Waals surface area (Å²) in [4.78, 5) is 15.6. The number of nitrogens with one attached hydrogen (secondary N) is 1. The maximum absolute atomic E-state index is 11.3. The number of rotatable bonds is 8. The molecule has 1 aliphatic carbocycles. The van der Waals surface area contributed by atoms with Crippen molar-refractivity contribution in [3.8, 4) is 0 Å². The molecule has 1 aromatic rings. The minimum atomic E-state index is -0.353. The average Bonchev–Trinajstić information content (AvgIpc) is 3.25. The van der Waals surface area contributed by atoms with Crippen LogP contribution in [0.15, 0.2) is 18.3 Å². The minimum absolute atomic E-state index is 0.353. The van der Waals surface area contributed by atoms with Gasteiger partial charge in [0.05, 0.1) is 18.4 Å². The minimum Gasteiger partial charge on any atom is -0.465 e. The molecule has 110 valence electrons. The van der Waals surface area contributed by atoms with Crippen molar-refractivity contribution in [2.75, 3.05) is 27.4 Å². The van der Waals surface area contributed by atoms with Gasteiger partial charge in [-0.1, -0.05) is 0 Å². The van der Waals surface area contributed by atoms with Gasteiger partial charge >= 0.3 is 5.97 Å². The Morgan fingerprint density at radius 1 is 1.40 bits per heavy atom. The Labute approximate surface area is 119 Å². The van der Waals surface area contributed by atoms with Crippen LogP contribution in [0.1, 0.15) is 35.3 Å². The number of aromatic nitrogens is 1. The quantitative estimate of drug-likeness (QED) is 0.734. The summed E-state index contributed by atoms with van der Waals surface area (Å²) in [7, 11) is 3.11. The summed E-state index contributed by atoms with van der Waals surface area (Å²) in [5.41, 5.74) is 1.84. The summed E-state index contributed by atoms with van der Waals surface area (Å²) < 4.78 is 9.79. The van der Waals surface area contributed by atoms with Gasteiger partial charge in [0.1, 0.15) is 0 Å². The number of nitrogens with zero attached hydrogens (tertiary/aromatic N) is 1. The molecule has 0 aromatic carbocycles. The molecular formula is C15H22N2O3. The molecule has 0 aliphatic heterocycles. The Morgan fingerprint density at radius 2 is 2.20 bits per heavy atom. The number of carbonyl (C=O) groups excluding carboxylic acids is 1. The third kappa shape index (κ3) is 4.02. The third-order valence-corrected chi connectivity index (χ3v) is 3.85. The zero-order valence-corrected chi connectivity index (χ0v) is 12.1. The number of hydrogen-bond donors (Lipinski definition) is 1. The predicted octanol–water partition coefficient (Wildman–Crippen LogP) is 1.77. The Morgan fingerprint density at radius 3 is 2.75 bits per heavy atom. The number of carbonyl (C=O) groups is 1. The van der Waals surface area contributed by atoms with Crippen molar-refractivity contribution in [3.05, 3.63) is 29.6 Å². The summed E-state index contributed by atoms with van der Waals surface area (Å²) in [5, 5.41) is 3.44. The summed E-state index contributed by atoms with van der Waals surface area (Å²) in [5.74, 6) is -0.353. The molecule has 20 heavy (non-hydrogen) atoms. The highest BCUT2D eigenvalue weighted by molar-refractivity contribution is 5.88. The van der Waals surface area contributed by atoms with Gasteiger partial charge in [-0.2, -0.15) is 0 Å². The predicted molar refractivity (Wildman–Crippen MR) is 75.4 cm³/mol. The fourth-order valence-electron chi connectivity index (χ4n) is 2.23. The molecule has 5 nitrogen and oxygen atoms in total. The molecule has 5 heteroatoms. The van der Waals surface area contributed by atoms with Crippen LogP contribution in [0, 0.1) is 5.41 Å². The topological polar surface area (TPSA) is 60.5 Å². The van der Waals surface area contributed by atoms with Crippen LogP contribution >= 0.6 is 0 Å². The maximum atomic E-state index is 11.3. The van der Waals surface area contributed by atoms with E-state index in [9.17, 15) is 4.79 Å². The molecule has 1 heterocycles. The van der Waals surface area contributed by atoms with Crippen LogP contribution in [-0.2, 0) is 16.0 Å². The van der Waals surface area contributed by atoms with E-state index >= 15 is 0 Å². The Hall–Kier alpha value is -1.46. The maximum Gasteiger partial charge on any atom is 0.339 e. The van der Waals surface area contributed by atoms with Gasteiger partial charge in [-0.05, 0) is 36.8 Å². The lowest BCUT2D eigenvalue weighted by molar-refractivity contribution is 0.0600. The van der Waals surface area contributed by atoms with Gasteiger partial charge in [0, 0.05) is 33.0 Å². The summed E-state index contributed by atoms with van der Waals surface area (Å²) >= 11 is 0. The van der Waals surface area contributed by atoms with Gasteiger partial charge in [-0.3, -0.25) is 4.98 Å². The van der Waals surface area contributed by atoms with Gasteiger partial charge in [0.25, 0.3) is 0 Å². The molecule has 0 saturated heterocycles. The van der Waals surface area contributed by atoms with E-state index in [0.717, 1.165) is 31.8 Å². The zero-order chi connectivity index (χ0) is 14.4. The first kappa shape index (κ1) is 14.9. The van der Waals surface area contributed by atoms with E-state index in [2.05, 4.69) is 15.0 Å². The molecule has 1 aliphatic rings. The molecule has 2 rings (SSSR count). The highest BCUT2D eigenvalue weighted by atomic mass is 16.5. The van der Waals surface area contributed by atoms with E-state index in [4.69, 9.17) is 4.74 Å². The molecule has 0 amide bonds. The standard InChI is InChI=1S/C15H22N2O3/c1-19-8-7-15(5-6-15)11-16-10-13-4-3-12(9-17-13)14(18)20-2/h3-4,9,16H,5-8,10-11H2,1-2H3. The number of methoxy groups -OCH3 is 2. The van der Waals surface area contributed by atoms with Crippen molar-refractivity contribution in [1.29, 1.82) is 0 Å². The highest BCUT2D eigenvalue weighted by Crippen LogP contribution is 2.48. The van der Waals surface area contributed by atoms with Crippen LogP contribution in [0.3, 0.4) is 0 Å². The van der Waals surface area contributed by atoms with E-state index < -0.39 is 0 Å². The van der Waals surface area contributed by atoms with Crippen LogP contribution in [0.25, 0.3) is 0 Å². The molecule has 1 aromatic heterocycles. The molecule has 0 radical (unpaired) electrons. The molecule has 1 fully saturated rings. The van der Waals surface area contributed by atoms with Gasteiger partial charge < -0.3 is 14.8 Å². The molecule has 0 bridgehead atoms. The van der Waals surface area contributed by atoms with Crippen LogP contribution in [0.2, 0.25) is 0 Å². The number of hydrogen-bond acceptors (Lipinski definition) is 5. The second-order valence-corrected chi connectivity index (χ2v) is 5.38. The first-order chi connectivity index (χ1) is 9.69. The van der Waals surface area contributed by atoms with Crippen molar-refractivity contribution in [2.45, 2.75) is 25.8 Å². The largest absolute Gasteiger partial charge is 0.465 e. The number of esters is 1. The highest BCUT2D eigenvalue weighted by Gasteiger charge is 2.41. The van der Waals surface area contributed by atoms with E-state index in [-0.39, 0.29) is 5.97 Å². The van der Waals surface area contributed by atoms with Gasteiger partial charge in [0.15, 0.2) is 0 Å². The van der Waals surface area contributed by atoms with Crippen LogP contribution < -0.4 is 5.32 Å². The fraction of sp³-hybridized carbons (Fsp3) is 0.600. The second kappa shape index (κ2) is 6.81. The third-order valence-electron chi connectivity index (χ3n) is 3.85. The molecular weight excluding hydrogens is 256 g/mol. The van der Waals surface area contributed by atoms with E-state index in [0.29, 0.717) is 11.0 Å². The van der Waals surface area contributed by atoms with Crippen LogP contribution in [0.4, 0.5) is 0 Å². The molecule has 1 N–H and O–H groups in total. The first-order valence-electron chi connectivity index (χ1n) is 6.92. The summed E-state index contributed by atoms with van der Waals surface area (Å²) in [6.45, 7) is 2.54. The Bertz CT molecular complexity index is 441. The zero-order valence-electron chi connectivity index (χ0n) is 12.1. The average molecular weight is 278 g/mol. The van der Waals surface area contributed by atoms with Crippen molar-refractivity contribution in [2.24, 2.45) is 5.41 Å². The van der Waals surface area contributed by atoms with Gasteiger partial charge in [0.2, 0.25) is 0 Å². The SMILES string of the molecule is COCCC1(CNCc2ccc(C(=O)OC)cn2)CC1. The summed E-state index contributed by atoms with van der Waals surface area (Å²) in [6, 6.07) is 3.60. The van der Waals surface area contributed by atoms with E-state index in [1.807, 2.05) is 6.07 Å². The Kier molecular flexibility index (Phi) is 5.09. The molecule has 1 saturated carbocycles. The van der Waals surface area contributed by atoms with Gasteiger partial charge in [-0.15, -0.1) is 0 Å². The smallest absolute Gasteiger partial charge is 0.339 e. The lowest BCUT2D eigenvalue weighted by atomic mass is 10.0. The lowest BCUT2D eigenvalue weighted by Gasteiger charge is -2.15. The lowest BCUT2D eigenvalue weighted by Crippen LogP contribution is -2.25. The monoisotopic (exact) mass is 278 g/mol.